The molecule has 4 saturated heterocycles. The van der Waals surface area contributed by atoms with Gasteiger partial charge in [-0.15, -0.1) is 0 Å². The molecule has 1 N–H and O–H groups in total. The number of likely N-dealkylation sites (tertiary alicyclic amines) is 1. The fourth-order valence-corrected chi connectivity index (χ4v) is 7.52. The summed E-state index contributed by atoms with van der Waals surface area (Å²) < 4.78 is 5.76. The summed E-state index contributed by atoms with van der Waals surface area (Å²) in [4.78, 5) is 56.8. The van der Waals surface area contributed by atoms with E-state index < -0.39 is 23.8 Å². The molecule has 9 nitrogen and oxygen atoms in total. The lowest BCUT2D eigenvalue weighted by atomic mass is 9.95. The number of nitrogens with one attached hydrogen (secondary N) is 1. The van der Waals surface area contributed by atoms with Gasteiger partial charge in [0.25, 0.3) is 11.8 Å². The van der Waals surface area contributed by atoms with Crippen LogP contribution in [-0.4, -0.2) is 88.8 Å². The van der Waals surface area contributed by atoms with Gasteiger partial charge in [-0.05, 0) is 67.3 Å². The quantitative estimate of drug-likeness (QED) is 0.523. The minimum atomic E-state index is -0.950. The van der Waals surface area contributed by atoms with Gasteiger partial charge >= 0.3 is 0 Å². The number of ether oxygens (including phenoxy) is 1. The highest BCUT2D eigenvalue weighted by atomic mass is 16.5. The monoisotopic (exact) mass is 556 g/mol. The number of imide groups is 2. The van der Waals surface area contributed by atoms with Gasteiger partial charge in [-0.3, -0.25) is 39.2 Å². The zero-order valence-electron chi connectivity index (χ0n) is 23.4. The average Bonchev–Trinajstić information content (AvgIpc) is 3.32. The van der Waals surface area contributed by atoms with Gasteiger partial charge in [0.1, 0.15) is 6.04 Å². The molecule has 3 atom stereocenters. The van der Waals surface area contributed by atoms with Gasteiger partial charge in [0.15, 0.2) is 0 Å². The molecule has 0 aliphatic carbocycles. The van der Waals surface area contributed by atoms with E-state index in [1.54, 1.807) is 12.1 Å². The van der Waals surface area contributed by atoms with Gasteiger partial charge in [-0.2, -0.15) is 0 Å². The molecule has 7 rings (SSSR count). The zero-order valence-corrected chi connectivity index (χ0v) is 23.4. The maximum atomic E-state index is 13.4. The molecule has 3 unspecified atom stereocenters. The number of carbonyl (C=O) groups excluding carboxylic acids is 4. The molecule has 5 aliphatic rings. The third kappa shape index (κ3) is 4.70. The molecule has 2 bridgehead atoms. The molecule has 4 amide bonds. The molecule has 0 aromatic heterocycles. The lowest BCUT2D eigenvalue weighted by Crippen LogP contribution is -2.64. The van der Waals surface area contributed by atoms with Crippen molar-refractivity contribution >= 4 is 23.6 Å². The van der Waals surface area contributed by atoms with Crippen LogP contribution in [0.15, 0.2) is 36.4 Å². The van der Waals surface area contributed by atoms with Gasteiger partial charge in [0.2, 0.25) is 11.8 Å². The van der Waals surface area contributed by atoms with Crippen molar-refractivity contribution in [3.63, 3.8) is 0 Å². The smallest absolute Gasteiger partial charge is 0.262 e. The van der Waals surface area contributed by atoms with Gasteiger partial charge < -0.3 is 4.74 Å². The third-order valence-corrected chi connectivity index (χ3v) is 9.69. The van der Waals surface area contributed by atoms with Crippen molar-refractivity contribution in [2.24, 2.45) is 0 Å². The van der Waals surface area contributed by atoms with Crippen LogP contribution < -0.4 is 5.32 Å². The van der Waals surface area contributed by atoms with E-state index in [1.807, 2.05) is 6.07 Å². The van der Waals surface area contributed by atoms with Crippen LogP contribution in [0.5, 0.6) is 0 Å². The van der Waals surface area contributed by atoms with E-state index in [0.29, 0.717) is 35.7 Å². The van der Waals surface area contributed by atoms with Crippen LogP contribution in [0.3, 0.4) is 0 Å². The van der Waals surface area contributed by atoms with E-state index in [4.69, 9.17) is 4.74 Å². The molecule has 4 fully saturated rings. The van der Waals surface area contributed by atoms with Crippen molar-refractivity contribution in [2.45, 2.75) is 76.2 Å². The van der Waals surface area contributed by atoms with Crippen LogP contribution in [0.1, 0.15) is 68.7 Å². The summed E-state index contributed by atoms with van der Waals surface area (Å²) >= 11 is 0. The number of carbonyl (C=O) groups is 4. The predicted octanol–water partition coefficient (Wildman–Crippen LogP) is 2.23. The Morgan fingerprint density at radius 3 is 2.39 bits per heavy atom. The first-order valence-corrected chi connectivity index (χ1v) is 14.9. The van der Waals surface area contributed by atoms with Crippen LogP contribution >= 0.6 is 0 Å². The van der Waals surface area contributed by atoms with E-state index in [1.165, 1.54) is 29.5 Å². The number of aryl methyl sites for hydroxylation is 3. The maximum Gasteiger partial charge on any atom is 0.262 e. The molecule has 0 saturated carbocycles. The second-order valence-corrected chi connectivity index (χ2v) is 12.3. The highest BCUT2D eigenvalue weighted by Gasteiger charge is 2.46. The third-order valence-electron chi connectivity index (χ3n) is 9.69. The first-order chi connectivity index (χ1) is 19.9. The Bertz CT molecular complexity index is 1420. The van der Waals surface area contributed by atoms with Crippen LogP contribution in [0.4, 0.5) is 0 Å². The Kier molecular flexibility index (Phi) is 6.76. The first kappa shape index (κ1) is 26.5. The molecule has 5 aliphatic heterocycles. The van der Waals surface area contributed by atoms with Crippen molar-refractivity contribution in [1.29, 1.82) is 0 Å². The Morgan fingerprint density at radius 2 is 1.66 bits per heavy atom. The molecule has 214 valence electrons. The first-order valence-electron chi connectivity index (χ1n) is 14.9. The van der Waals surface area contributed by atoms with Crippen LogP contribution in [0.25, 0.3) is 0 Å². The minimum Gasteiger partial charge on any atom is -0.378 e. The van der Waals surface area contributed by atoms with Gasteiger partial charge in [0.05, 0.1) is 24.3 Å². The second kappa shape index (κ2) is 10.5. The molecule has 41 heavy (non-hydrogen) atoms. The van der Waals surface area contributed by atoms with E-state index >= 15 is 0 Å². The topological polar surface area (TPSA) is 99.3 Å². The molecule has 5 heterocycles. The normalized spacial score (nSPS) is 26.9. The molecular weight excluding hydrogens is 520 g/mol. The van der Waals surface area contributed by atoms with Crippen LogP contribution in [0.2, 0.25) is 0 Å². The van der Waals surface area contributed by atoms with Crippen molar-refractivity contribution < 1.29 is 23.9 Å². The van der Waals surface area contributed by atoms with E-state index in [-0.39, 0.29) is 18.7 Å². The van der Waals surface area contributed by atoms with Crippen molar-refractivity contribution in [3.05, 3.63) is 69.8 Å². The number of rotatable bonds is 7. The number of morpholine rings is 1. The number of hydrogen-bond acceptors (Lipinski definition) is 7. The number of hydrogen-bond donors (Lipinski definition) is 1. The average molecular weight is 557 g/mol. The molecule has 0 radical (unpaired) electrons. The minimum absolute atomic E-state index is 0.110. The van der Waals surface area contributed by atoms with E-state index in [9.17, 15) is 19.2 Å². The Balaban J connectivity index is 0.980. The van der Waals surface area contributed by atoms with Crippen molar-refractivity contribution in [3.8, 4) is 0 Å². The predicted molar refractivity (Wildman–Crippen MR) is 150 cm³/mol. The summed E-state index contributed by atoms with van der Waals surface area (Å²) in [6.07, 6.45) is 4.16. The summed E-state index contributed by atoms with van der Waals surface area (Å²) in [6, 6.07) is 12.9. The maximum absolute atomic E-state index is 13.4. The molecule has 2 aromatic rings. The van der Waals surface area contributed by atoms with E-state index in [2.05, 4.69) is 40.2 Å². The van der Waals surface area contributed by atoms with E-state index in [0.717, 1.165) is 49.7 Å². The Morgan fingerprint density at radius 1 is 0.878 bits per heavy atom. The SMILES string of the molecule is Cc1cc(CCc2cccc3c2C(=O)N(C2CCC(=O)NC2=O)C3=O)ccc1CN1CC(N2C3CCC2COC3)C1. The van der Waals surface area contributed by atoms with Crippen LogP contribution in [-0.2, 0) is 33.7 Å². The zero-order chi connectivity index (χ0) is 28.2. The number of nitrogens with zero attached hydrogens (tertiary/aromatic N) is 3. The van der Waals surface area contributed by atoms with Gasteiger partial charge in [-0.1, -0.05) is 30.3 Å². The Hall–Kier alpha value is -3.40. The highest BCUT2D eigenvalue weighted by molar-refractivity contribution is 6.24. The highest BCUT2D eigenvalue weighted by Crippen LogP contribution is 2.34. The number of benzene rings is 2. The molecule has 2 aromatic carbocycles. The lowest BCUT2D eigenvalue weighted by Gasteiger charge is -2.50. The fraction of sp³-hybridized carbons (Fsp3) is 0.500. The molecular formula is C32H36N4O5. The van der Waals surface area contributed by atoms with Crippen LogP contribution in [0, 0.1) is 6.92 Å². The largest absolute Gasteiger partial charge is 0.378 e. The number of amides is 4. The Labute approximate surface area is 239 Å². The molecule has 0 spiro atoms. The summed E-state index contributed by atoms with van der Waals surface area (Å²) in [5.41, 5.74) is 5.33. The number of fused-ring (bicyclic) bond motifs is 3. The van der Waals surface area contributed by atoms with Crippen molar-refractivity contribution in [1.82, 2.24) is 20.0 Å². The van der Waals surface area contributed by atoms with Gasteiger partial charge in [-0.25, -0.2) is 0 Å². The molecule has 9 heteroatoms. The summed E-state index contributed by atoms with van der Waals surface area (Å²) in [5, 5.41) is 2.25. The van der Waals surface area contributed by atoms with Gasteiger partial charge in [0, 0.05) is 44.2 Å². The fourth-order valence-electron chi connectivity index (χ4n) is 7.52. The standard InChI is InChI=1S/C32H36N4O5/c1-19-13-20(6-8-22(19)14-34-15-25(16-34)35-23-9-10-24(35)18-41-17-23)5-7-21-3-2-4-26-29(21)32(40)36(31(26)39)27-11-12-28(37)33-30(27)38/h2-4,6,8,13,23-25,27H,5,7,9-12,14-18H2,1H3,(H,33,37,38). The summed E-state index contributed by atoms with van der Waals surface area (Å²) in [5.74, 6) is -1.87. The van der Waals surface area contributed by atoms with Crippen molar-refractivity contribution in [2.75, 3.05) is 26.3 Å². The summed E-state index contributed by atoms with van der Waals surface area (Å²) in [6.45, 7) is 7.15. The second-order valence-electron chi connectivity index (χ2n) is 12.3. The number of piperidine rings is 1. The lowest BCUT2D eigenvalue weighted by molar-refractivity contribution is -0.136. The summed E-state index contributed by atoms with van der Waals surface area (Å²) in [7, 11) is 0.